The summed E-state index contributed by atoms with van der Waals surface area (Å²) in [7, 11) is 0. The maximum absolute atomic E-state index is 13.5. The lowest BCUT2D eigenvalue weighted by Gasteiger charge is -2.15. The van der Waals surface area contributed by atoms with Crippen molar-refractivity contribution in [2.75, 3.05) is 10.2 Å². The number of aromatic amines is 1. The molecule has 3 heterocycles. The average molecular weight is 473 g/mol. The molecule has 1 aliphatic rings. The number of carbonyl (C=O) groups excluding carboxylic acids is 3. The number of fused-ring (bicyclic) bond motifs is 1. The minimum Gasteiger partial charge on any atom is -0.422 e. The van der Waals surface area contributed by atoms with Gasteiger partial charge in [0.05, 0.1) is 17.2 Å². The van der Waals surface area contributed by atoms with E-state index in [2.05, 4.69) is 15.4 Å². The van der Waals surface area contributed by atoms with E-state index in [1.54, 1.807) is 36.4 Å². The zero-order valence-electron chi connectivity index (χ0n) is 19.2. The van der Waals surface area contributed by atoms with Crippen LogP contribution in [0.1, 0.15) is 43.9 Å². The van der Waals surface area contributed by atoms with Crippen molar-refractivity contribution in [2.24, 2.45) is 0 Å². The molecular weight excluding hydrogens is 450 g/mol. The number of nitrogens with one attached hydrogen (secondary N) is 2. The predicted octanol–water partition coefficient (Wildman–Crippen LogP) is 3.26. The molecule has 0 saturated carbocycles. The second kappa shape index (κ2) is 8.71. The van der Waals surface area contributed by atoms with Crippen LogP contribution in [0.15, 0.2) is 57.7 Å². The van der Waals surface area contributed by atoms with Gasteiger partial charge in [-0.15, -0.1) is 0 Å². The smallest absolute Gasteiger partial charge is 0.325 e. The second-order valence-corrected chi connectivity index (χ2v) is 8.41. The number of aryl methyl sites for hydroxylation is 1. The Bertz CT molecular complexity index is 1480. The molecule has 0 spiro atoms. The molecule has 0 unspecified atom stereocenters. The third-order valence-electron chi connectivity index (χ3n) is 5.92. The van der Waals surface area contributed by atoms with E-state index in [0.717, 1.165) is 11.3 Å². The lowest BCUT2D eigenvalue weighted by molar-refractivity contribution is -0.121. The lowest BCUT2D eigenvalue weighted by Crippen LogP contribution is -2.31. The molecule has 35 heavy (non-hydrogen) atoms. The highest BCUT2D eigenvalue weighted by atomic mass is 16.4. The van der Waals surface area contributed by atoms with Gasteiger partial charge in [0, 0.05) is 24.7 Å². The Morgan fingerprint density at radius 3 is 2.57 bits per heavy atom. The van der Waals surface area contributed by atoms with Crippen molar-refractivity contribution in [3.63, 3.8) is 0 Å². The van der Waals surface area contributed by atoms with Crippen LogP contribution >= 0.6 is 0 Å². The molecule has 2 aromatic heterocycles. The summed E-state index contributed by atoms with van der Waals surface area (Å²) in [4.78, 5) is 56.5. The van der Waals surface area contributed by atoms with Crippen LogP contribution in [0.2, 0.25) is 0 Å². The normalized spacial score (nSPS) is 15.8. The maximum Gasteiger partial charge on any atom is 0.325 e. The van der Waals surface area contributed by atoms with Gasteiger partial charge in [0.1, 0.15) is 5.52 Å². The molecule has 1 saturated heterocycles. The fraction of sp³-hybridized carbons (Fsp3) is 0.240. The maximum atomic E-state index is 13.5. The molecular formula is C25H23N5O5. The van der Waals surface area contributed by atoms with Crippen LogP contribution in [0.3, 0.4) is 0 Å². The molecule has 10 heteroatoms. The van der Waals surface area contributed by atoms with E-state index in [9.17, 15) is 19.2 Å². The number of rotatable bonds is 6. The highest BCUT2D eigenvalue weighted by Crippen LogP contribution is 2.34. The molecule has 4 aromatic rings. The van der Waals surface area contributed by atoms with Crippen molar-refractivity contribution in [3.8, 4) is 6.01 Å². The zero-order chi connectivity index (χ0) is 24.7. The summed E-state index contributed by atoms with van der Waals surface area (Å²) in [6.07, 6.45) is 1.12. The van der Waals surface area contributed by atoms with Crippen LogP contribution in [0.5, 0.6) is 0 Å². The number of aromatic nitrogens is 3. The predicted molar refractivity (Wildman–Crippen MR) is 129 cm³/mol. The molecule has 10 nitrogen and oxygen atoms in total. The number of imide groups is 1. The average Bonchev–Trinajstić information content (AvgIpc) is 3.47. The van der Waals surface area contributed by atoms with Crippen molar-refractivity contribution in [1.29, 1.82) is 0 Å². The minimum absolute atomic E-state index is 0.0713. The molecule has 3 amide bonds. The summed E-state index contributed by atoms with van der Waals surface area (Å²) >= 11 is 0. The van der Waals surface area contributed by atoms with Crippen LogP contribution in [0.4, 0.5) is 11.4 Å². The van der Waals surface area contributed by atoms with E-state index >= 15 is 0 Å². The van der Waals surface area contributed by atoms with E-state index in [-0.39, 0.29) is 23.9 Å². The molecule has 1 atom stereocenters. The van der Waals surface area contributed by atoms with Gasteiger partial charge in [-0.05, 0) is 42.8 Å². The first-order valence-corrected chi connectivity index (χ1v) is 11.3. The zero-order valence-corrected chi connectivity index (χ0v) is 19.2. The first-order chi connectivity index (χ1) is 16.9. The first kappa shape index (κ1) is 22.3. The third kappa shape index (κ3) is 3.92. The van der Waals surface area contributed by atoms with Crippen molar-refractivity contribution in [1.82, 2.24) is 14.8 Å². The van der Waals surface area contributed by atoms with Gasteiger partial charge < -0.3 is 9.73 Å². The van der Waals surface area contributed by atoms with Gasteiger partial charge in [0.15, 0.2) is 5.58 Å². The van der Waals surface area contributed by atoms with E-state index in [4.69, 9.17) is 4.42 Å². The van der Waals surface area contributed by atoms with Gasteiger partial charge >= 0.3 is 6.01 Å². The monoisotopic (exact) mass is 473 g/mol. The van der Waals surface area contributed by atoms with Gasteiger partial charge in [-0.3, -0.25) is 29.2 Å². The number of para-hydroxylation sites is 2. The lowest BCUT2D eigenvalue weighted by atomic mass is 9.96. The number of hydrogen-bond donors (Lipinski definition) is 2. The number of amides is 3. The first-order valence-electron chi connectivity index (χ1n) is 11.3. The number of carbonyl (C=O) groups is 3. The van der Waals surface area contributed by atoms with E-state index < -0.39 is 23.3 Å². The Morgan fingerprint density at radius 1 is 1.14 bits per heavy atom. The molecule has 1 fully saturated rings. The highest BCUT2D eigenvalue weighted by molar-refractivity contribution is 6.22. The standard InChI is InChI=1S/C25H23N5O5/c1-3-6-19-22(24(34)30(28-19)25-27-18-7-4-5-8-20(18)35-25)17-13-21(32)29(23(17)33)16-11-9-15(10-12-16)26-14(2)31/h4-5,7-12,17,28H,3,6,13H2,1-2H3,(H,26,31)/t17-/m0/s1. The minimum atomic E-state index is -0.923. The van der Waals surface area contributed by atoms with Crippen LogP contribution in [-0.2, 0) is 20.8 Å². The molecule has 178 valence electrons. The van der Waals surface area contributed by atoms with Crippen molar-refractivity contribution in [2.45, 2.75) is 39.0 Å². The van der Waals surface area contributed by atoms with E-state index in [1.807, 2.05) is 19.1 Å². The Labute approximate surface area is 199 Å². The van der Waals surface area contributed by atoms with E-state index in [1.165, 1.54) is 11.6 Å². The molecule has 2 N–H and O–H groups in total. The van der Waals surface area contributed by atoms with Crippen LogP contribution < -0.4 is 15.8 Å². The van der Waals surface area contributed by atoms with Crippen molar-refractivity contribution in [3.05, 3.63) is 70.1 Å². The molecule has 0 bridgehead atoms. The number of nitrogens with zero attached hydrogens (tertiary/aromatic N) is 3. The van der Waals surface area contributed by atoms with Gasteiger partial charge in [0.2, 0.25) is 17.7 Å². The van der Waals surface area contributed by atoms with Crippen LogP contribution in [0.25, 0.3) is 17.1 Å². The number of H-pyrrole nitrogens is 1. The number of anilines is 2. The Hall–Kier alpha value is -4.47. The number of benzene rings is 2. The summed E-state index contributed by atoms with van der Waals surface area (Å²) in [5, 5.41) is 5.69. The summed E-state index contributed by atoms with van der Waals surface area (Å²) in [5.41, 5.74) is 2.43. The molecule has 5 rings (SSSR count). The molecule has 2 aromatic carbocycles. The van der Waals surface area contributed by atoms with Gasteiger partial charge in [-0.1, -0.05) is 25.5 Å². The molecule has 0 aliphatic carbocycles. The summed E-state index contributed by atoms with van der Waals surface area (Å²) < 4.78 is 6.95. The molecule has 1 aliphatic heterocycles. The van der Waals surface area contributed by atoms with Crippen LogP contribution in [0, 0.1) is 0 Å². The quantitative estimate of drug-likeness (QED) is 0.414. The van der Waals surface area contributed by atoms with Crippen molar-refractivity contribution < 1.29 is 18.8 Å². The summed E-state index contributed by atoms with van der Waals surface area (Å²) in [6.45, 7) is 3.36. The Morgan fingerprint density at radius 2 is 1.89 bits per heavy atom. The SMILES string of the molecule is CCCc1[nH]n(-c2nc3ccccc3o2)c(=O)c1[C@@H]1CC(=O)N(c2ccc(NC(C)=O)cc2)C1=O. The topological polar surface area (TPSA) is 130 Å². The van der Waals surface area contributed by atoms with Crippen molar-refractivity contribution >= 4 is 40.2 Å². The second-order valence-electron chi connectivity index (χ2n) is 8.41. The fourth-order valence-corrected chi connectivity index (χ4v) is 4.41. The third-order valence-corrected chi connectivity index (χ3v) is 5.92. The summed E-state index contributed by atoms with van der Waals surface area (Å²) in [6, 6.07) is 13.6. The van der Waals surface area contributed by atoms with Gasteiger partial charge in [-0.2, -0.15) is 9.67 Å². The van der Waals surface area contributed by atoms with Gasteiger partial charge in [-0.25, -0.2) is 0 Å². The number of oxazole rings is 1. The van der Waals surface area contributed by atoms with Crippen LogP contribution in [-0.4, -0.2) is 32.5 Å². The fourth-order valence-electron chi connectivity index (χ4n) is 4.41. The number of hydrogen-bond acceptors (Lipinski definition) is 6. The van der Waals surface area contributed by atoms with Gasteiger partial charge in [0.25, 0.3) is 5.56 Å². The largest absolute Gasteiger partial charge is 0.422 e. The highest BCUT2D eigenvalue weighted by Gasteiger charge is 2.43. The Kier molecular flexibility index (Phi) is 5.56. The molecule has 0 radical (unpaired) electrons. The van der Waals surface area contributed by atoms with E-state index in [0.29, 0.717) is 34.6 Å². The Balaban J connectivity index is 1.52. The summed E-state index contributed by atoms with van der Waals surface area (Å²) in [5.74, 6) is -2.02.